The van der Waals surface area contributed by atoms with Crippen molar-refractivity contribution in [1.82, 2.24) is 4.31 Å². The van der Waals surface area contributed by atoms with Gasteiger partial charge in [-0.25, -0.2) is 8.42 Å². The minimum Gasteiger partial charge on any atom is -0.449 e. The lowest BCUT2D eigenvalue weighted by Gasteiger charge is -2.20. The molecule has 8 nitrogen and oxygen atoms in total. The summed E-state index contributed by atoms with van der Waals surface area (Å²) in [6.45, 7) is 0.796. The van der Waals surface area contributed by atoms with Crippen LogP contribution in [0.3, 0.4) is 0 Å². The predicted octanol–water partition coefficient (Wildman–Crippen LogP) is 4.48. The van der Waals surface area contributed by atoms with E-state index in [9.17, 15) is 18.5 Å². The fourth-order valence-corrected chi connectivity index (χ4v) is 4.85. The number of hydrogen-bond donors (Lipinski definition) is 0. The van der Waals surface area contributed by atoms with E-state index in [1.807, 2.05) is 6.07 Å². The lowest BCUT2D eigenvalue weighted by molar-refractivity contribution is -0.385. The van der Waals surface area contributed by atoms with Gasteiger partial charge in [-0.2, -0.15) is 9.57 Å². The predicted molar refractivity (Wildman–Crippen MR) is 107 cm³/mol. The maximum atomic E-state index is 12.9. The Kier molecular flexibility index (Phi) is 6.37. The Hall–Kier alpha value is -2.67. The van der Waals surface area contributed by atoms with E-state index in [4.69, 9.17) is 21.6 Å². The summed E-state index contributed by atoms with van der Waals surface area (Å²) in [4.78, 5) is 10.7. The maximum absolute atomic E-state index is 12.9. The van der Waals surface area contributed by atoms with Crippen molar-refractivity contribution in [3.63, 3.8) is 0 Å². The van der Waals surface area contributed by atoms with Crippen molar-refractivity contribution in [2.24, 2.45) is 0 Å². The van der Waals surface area contributed by atoms with Crippen LogP contribution in [0.4, 0.5) is 5.69 Å². The van der Waals surface area contributed by atoms with Gasteiger partial charge in [0.15, 0.2) is 0 Å². The van der Waals surface area contributed by atoms with Gasteiger partial charge in [-0.15, -0.1) is 0 Å². The second kappa shape index (κ2) is 8.78. The lowest BCUT2D eigenvalue weighted by Crippen LogP contribution is -2.31. The first-order valence-electron chi connectivity index (χ1n) is 8.99. The molecule has 10 heteroatoms. The monoisotopic (exact) mass is 435 g/mol. The molecular weight excluding hydrogens is 418 g/mol. The van der Waals surface area contributed by atoms with Gasteiger partial charge in [0, 0.05) is 19.2 Å². The van der Waals surface area contributed by atoms with Crippen molar-refractivity contribution in [1.29, 1.82) is 5.26 Å². The minimum atomic E-state index is -3.84. The first kappa shape index (κ1) is 21.0. The van der Waals surface area contributed by atoms with Crippen LogP contribution in [0.25, 0.3) is 0 Å². The van der Waals surface area contributed by atoms with E-state index in [1.165, 1.54) is 34.6 Å². The molecule has 3 rings (SSSR count). The number of nitro benzene ring substituents is 1. The highest BCUT2D eigenvalue weighted by atomic mass is 35.5. The number of halogens is 1. The molecular formula is C19H18ClN3O5S. The van der Waals surface area contributed by atoms with Gasteiger partial charge >= 0.3 is 5.69 Å². The molecule has 0 aromatic heterocycles. The highest BCUT2D eigenvalue weighted by molar-refractivity contribution is 7.89. The van der Waals surface area contributed by atoms with E-state index in [2.05, 4.69) is 0 Å². The second-order valence-corrected chi connectivity index (χ2v) is 8.91. The van der Waals surface area contributed by atoms with Crippen LogP contribution in [-0.2, 0) is 10.0 Å². The third kappa shape index (κ3) is 4.67. The SMILES string of the molecule is N#Cc1ccc(Oc2ccc(S(=O)(=O)N3CCCCCC3)cc2[N+](=O)[O-])c(Cl)c1. The number of sulfonamides is 1. The first-order chi connectivity index (χ1) is 13.8. The summed E-state index contributed by atoms with van der Waals surface area (Å²) >= 11 is 6.06. The Labute approximate surface area is 173 Å². The maximum Gasteiger partial charge on any atom is 0.312 e. The number of nitro groups is 1. The Morgan fingerprint density at radius 3 is 2.31 bits per heavy atom. The summed E-state index contributed by atoms with van der Waals surface area (Å²) in [5, 5.41) is 20.6. The summed E-state index contributed by atoms with van der Waals surface area (Å²) in [5.74, 6) is -0.0201. The molecule has 0 atom stereocenters. The van der Waals surface area contributed by atoms with E-state index in [0.717, 1.165) is 31.7 Å². The number of nitrogens with zero attached hydrogens (tertiary/aromatic N) is 3. The summed E-state index contributed by atoms with van der Waals surface area (Å²) in [6.07, 6.45) is 3.45. The first-order valence-corrected chi connectivity index (χ1v) is 10.8. The summed E-state index contributed by atoms with van der Waals surface area (Å²) in [5.41, 5.74) is -0.169. The van der Waals surface area contributed by atoms with Crippen LogP contribution in [0.5, 0.6) is 11.5 Å². The van der Waals surface area contributed by atoms with Crippen molar-refractivity contribution >= 4 is 27.3 Å². The third-order valence-corrected chi connectivity index (χ3v) is 6.80. The molecule has 0 bridgehead atoms. The molecule has 2 aromatic carbocycles. The average Bonchev–Trinajstić information content (AvgIpc) is 2.99. The molecule has 152 valence electrons. The molecule has 1 fully saturated rings. The van der Waals surface area contributed by atoms with E-state index in [1.54, 1.807) is 0 Å². The molecule has 29 heavy (non-hydrogen) atoms. The standard InChI is InChI=1S/C19H18ClN3O5S/c20-16-11-14(13-21)5-7-18(16)28-19-8-6-15(12-17(19)23(24)25)29(26,27)22-9-3-1-2-4-10-22/h5-8,11-12H,1-4,9-10H2. The second-order valence-electron chi connectivity index (χ2n) is 6.56. The molecule has 1 heterocycles. The molecule has 0 radical (unpaired) electrons. The van der Waals surface area contributed by atoms with Gasteiger partial charge in [0.2, 0.25) is 15.8 Å². The fraction of sp³-hybridized carbons (Fsp3) is 0.316. The lowest BCUT2D eigenvalue weighted by atomic mass is 10.2. The Balaban J connectivity index is 1.95. The van der Waals surface area contributed by atoms with Gasteiger partial charge in [-0.1, -0.05) is 24.4 Å². The van der Waals surface area contributed by atoms with Crippen molar-refractivity contribution in [3.05, 3.63) is 57.1 Å². The highest BCUT2D eigenvalue weighted by Gasteiger charge is 2.28. The van der Waals surface area contributed by atoms with Crippen molar-refractivity contribution < 1.29 is 18.1 Å². The van der Waals surface area contributed by atoms with E-state index < -0.39 is 20.6 Å². The zero-order chi connectivity index (χ0) is 21.0. The Morgan fingerprint density at radius 2 is 1.72 bits per heavy atom. The number of rotatable bonds is 5. The molecule has 1 aliphatic heterocycles. The van der Waals surface area contributed by atoms with Gasteiger partial charge in [0.25, 0.3) is 0 Å². The van der Waals surface area contributed by atoms with Crippen LogP contribution >= 0.6 is 11.6 Å². The molecule has 0 unspecified atom stereocenters. The molecule has 1 aliphatic rings. The van der Waals surface area contributed by atoms with Crippen LogP contribution < -0.4 is 4.74 Å². The van der Waals surface area contributed by atoms with E-state index >= 15 is 0 Å². The highest BCUT2D eigenvalue weighted by Crippen LogP contribution is 2.37. The van der Waals surface area contributed by atoms with Crippen molar-refractivity contribution in [3.8, 4) is 17.6 Å². The molecule has 0 amide bonds. The van der Waals surface area contributed by atoms with Gasteiger partial charge in [0.05, 0.1) is 26.5 Å². The zero-order valence-electron chi connectivity index (χ0n) is 15.4. The fourth-order valence-electron chi connectivity index (χ4n) is 3.09. The van der Waals surface area contributed by atoms with Crippen molar-refractivity contribution in [2.45, 2.75) is 30.6 Å². The van der Waals surface area contributed by atoms with Crippen LogP contribution in [0.2, 0.25) is 5.02 Å². The van der Waals surface area contributed by atoms with Crippen LogP contribution in [0.1, 0.15) is 31.2 Å². The van der Waals surface area contributed by atoms with Gasteiger partial charge in [-0.05, 0) is 43.2 Å². The number of ether oxygens (including phenoxy) is 1. The Bertz CT molecular complexity index is 1070. The van der Waals surface area contributed by atoms with Crippen LogP contribution in [0, 0.1) is 21.4 Å². The third-order valence-electron chi connectivity index (χ3n) is 4.61. The number of benzene rings is 2. The Morgan fingerprint density at radius 1 is 1.07 bits per heavy atom. The average molecular weight is 436 g/mol. The molecule has 0 saturated carbocycles. The summed E-state index contributed by atoms with van der Waals surface area (Å²) < 4.78 is 32.8. The van der Waals surface area contributed by atoms with Crippen molar-refractivity contribution in [2.75, 3.05) is 13.1 Å². The topological polar surface area (TPSA) is 114 Å². The molecule has 1 saturated heterocycles. The molecule has 2 aromatic rings. The smallest absolute Gasteiger partial charge is 0.312 e. The molecule has 0 N–H and O–H groups in total. The van der Waals surface area contributed by atoms with E-state index in [0.29, 0.717) is 18.7 Å². The number of nitriles is 1. The van der Waals surface area contributed by atoms with E-state index in [-0.39, 0.29) is 21.4 Å². The summed E-state index contributed by atoms with van der Waals surface area (Å²) in [6, 6.07) is 9.74. The molecule has 0 aliphatic carbocycles. The largest absolute Gasteiger partial charge is 0.449 e. The quantitative estimate of drug-likeness (QED) is 0.505. The van der Waals surface area contributed by atoms with Crippen LogP contribution in [0.15, 0.2) is 41.3 Å². The van der Waals surface area contributed by atoms with Gasteiger partial charge in [-0.3, -0.25) is 10.1 Å². The minimum absolute atomic E-state index is 0.111. The summed E-state index contributed by atoms with van der Waals surface area (Å²) in [7, 11) is -3.84. The zero-order valence-corrected chi connectivity index (χ0v) is 16.9. The molecule has 0 spiro atoms. The van der Waals surface area contributed by atoms with Crippen LogP contribution in [-0.4, -0.2) is 30.7 Å². The van der Waals surface area contributed by atoms with Gasteiger partial charge < -0.3 is 4.74 Å². The number of hydrogen-bond acceptors (Lipinski definition) is 6. The normalized spacial score (nSPS) is 15.3. The van der Waals surface area contributed by atoms with Gasteiger partial charge in [0.1, 0.15) is 5.75 Å².